The average molecular weight is 374 g/mol. The van der Waals surface area contributed by atoms with Crippen molar-refractivity contribution in [1.82, 2.24) is 4.31 Å². The highest BCUT2D eigenvalue weighted by molar-refractivity contribution is 9.10. The Morgan fingerprint density at radius 3 is 2.61 bits per heavy atom. The van der Waals surface area contributed by atoms with Crippen LogP contribution in [0.1, 0.15) is 6.42 Å². The Labute approximate surface area is 119 Å². The molecule has 0 aromatic carbocycles. The summed E-state index contributed by atoms with van der Waals surface area (Å²) in [5.41, 5.74) is 0. The van der Waals surface area contributed by atoms with Crippen LogP contribution in [0.15, 0.2) is 20.1 Å². The van der Waals surface area contributed by atoms with Crippen LogP contribution in [0.25, 0.3) is 0 Å². The molecular weight excluding hydrogens is 362 g/mol. The minimum absolute atomic E-state index is 0.0587. The van der Waals surface area contributed by atoms with Crippen LogP contribution in [0.2, 0.25) is 0 Å². The highest BCUT2D eigenvalue weighted by Gasteiger charge is 2.37. The van der Waals surface area contributed by atoms with Crippen molar-refractivity contribution in [3.63, 3.8) is 0 Å². The zero-order valence-corrected chi connectivity index (χ0v) is 13.6. The molecule has 1 atom stereocenters. The molecule has 1 fully saturated rings. The van der Waals surface area contributed by atoms with E-state index in [1.165, 1.54) is 11.4 Å². The lowest BCUT2D eigenvalue weighted by molar-refractivity contribution is 0.395. The zero-order valence-electron chi connectivity index (χ0n) is 9.54. The maximum atomic E-state index is 12.3. The molecule has 18 heavy (non-hydrogen) atoms. The molecule has 0 radical (unpaired) electrons. The average Bonchev–Trinajstić information content (AvgIpc) is 2.83. The highest BCUT2D eigenvalue weighted by Crippen LogP contribution is 2.32. The van der Waals surface area contributed by atoms with Crippen LogP contribution < -0.4 is 0 Å². The van der Waals surface area contributed by atoms with E-state index in [4.69, 9.17) is 0 Å². The Morgan fingerprint density at radius 2 is 2.17 bits per heavy atom. The Kier molecular flexibility index (Phi) is 3.90. The van der Waals surface area contributed by atoms with E-state index in [1.807, 2.05) is 0 Å². The molecule has 1 aromatic heterocycles. The molecule has 5 nitrogen and oxygen atoms in total. The van der Waals surface area contributed by atoms with Crippen molar-refractivity contribution < 1.29 is 16.8 Å². The van der Waals surface area contributed by atoms with Gasteiger partial charge in [-0.2, -0.15) is 4.31 Å². The van der Waals surface area contributed by atoms with Gasteiger partial charge < -0.3 is 0 Å². The van der Waals surface area contributed by atoms with Crippen LogP contribution in [-0.2, 0) is 19.9 Å². The second kappa shape index (κ2) is 4.86. The standard InChI is InChI=1S/C9H12BrNO4S3/c1-11(7-3-5-17(12,13)6-7)18(14,15)9-8(10)2-4-16-9/h2,4,7H,3,5-6H2,1H3. The van der Waals surface area contributed by atoms with E-state index < -0.39 is 25.9 Å². The predicted molar refractivity (Wildman–Crippen MR) is 74.0 cm³/mol. The summed E-state index contributed by atoms with van der Waals surface area (Å²) in [5, 5.41) is 1.68. The summed E-state index contributed by atoms with van der Waals surface area (Å²) in [4.78, 5) is 0. The van der Waals surface area contributed by atoms with E-state index in [2.05, 4.69) is 15.9 Å². The van der Waals surface area contributed by atoms with Crippen molar-refractivity contribution in [2.24, 2.45) is 0 Å². The number of hydrogen-bond donors (Lipinski definition) is 0. The third-order valence-corrected chi connectivity index (χ3v) is 9.23. The van der Waals surface area contributed by atoms with Gasteiger partial charge in [0.25, 0.3) is 10.0 Å². The summed E-state index contributed by atoms with van der Waals surface area (Å²) in [7, 11) is -5.28. The monoisotopic (exact) mass is 373 g/mol. The minimum Gasteiger partial charge on any atom is -0.229 e. The Hall–Kier alpha value is 0.0400. The van der Waals surface area contributed by atoms with Crippen LogP contribution in [0, 0.1) is 0 Å². The topological polar surface area (TPSA) is 71.5 Å². The van der Waals surface area contributed by atoms with Gasteiger partial charge in [0.2, 0.25) is 0 Å². The van der Waals surface area contributed by atoms with E-state index in [1.54, 1.807) is 11.4 Å². The second-order valence-electron chi connectivity index (χ2n) is 4.13. The van der Waals surface area contributed by atoms with Crippen LogP contribution in [0.4, 0.5) is 0 Å². The Balaban J connectivity index is 2.30. The van der Waals surface area contributed by atoms with Gasteiger partial charge in [-0.15, -0.1) is 11.3 Å². The van der Waals surface area contributed by atoms with Crippen LogP contribution in [0.5, 0.6) is 0 Å². The molecule has 1 aliphatic rings. The molecule has 0 bridgehead atoms. The lowest BCUT2D eigenvalue weighted by Crippen LogP contribution is -2.37. The summed E-state index contributed by atoms with van der Waals surface area (Å²) in [6, 6.07) is 1.20. The summed E-state index contributed by atoms with van der Waals surface area (Å²) >= 11 is 4.31. The number of hydrogen-bond acceptors (Lipinski definition) is 5. The van der Waals surface area contributed by atoms with E-state index in [0.29, 0.717) is 10.9 Å². The number of sulfonamides is 1. The fourth-order valence-electron chi connectivity index (χ4n) is 1.85. The van der Waals surface area contributed by atoms with Crippen molar-refractivity contribution >= 4 is 47.1 Å². The van der Waals surface area contributed by atoms with Gasteiger partial charge in [0.05, 0.1) is 11.5 Å². The first-order valence-electron chi connectivity index (χ1n) is 5.15. The number of sulfone groups is 1. The molecule has 1 aromatic rings. The molecule has 0 spiro atoms. The van der Waals surface area contributed by atoms with Crippen molar-refractivity contribution in [2.45, 2.75) is 16.7 Å². The van der Waals surface area contributed by atoms with Gasteiger partial charge in [0.15, 0.2) is 9.84 Å². The summed E-state index contributed by atoms with van der Waals surface area (Å²) in [5.74, 6) is -0.0329. The first kappa shape index (κ1) is 14.4. The molecule has 0 saturated carbocycles. The van der Waals surface area contributed by atoms with Gasteiger partial charge in [0.1, 0.15) is 4.21 Å². The zero-order chi connectivity index (χ0) is 13.6. The van der Waals surface area contributed by atoms with Gasteiger partial charge in [-0.3, -0.25) is 0 Å². The van der Waals surface area contributed by atoms with Gasteiger partial charge in [-0.25, -0.2) is 16.8 Å². The van der Waals surface area contributed by atoms with E-state index in [9.17, 15) is 16.8 Å². The highest BCUT2D eigenvalue weighted by atomic mass is 79.9. The molecule has 102 valence electrons. The van der Waals surface area contributed by atoms with E-state index in [0.717, 1.165) is 11.3 Å². The fraction of sp³-hybridized carbons (Fsp3) is 0.556. The molecule has 2 heterocycles. The van der Waals surface area contributed by atoms with Crippen LogP contribution in [-0.4, -0.2) is 45.7 Å². The number of halogens is 1. The summed E-state index contributed by atoms with van der Waals surface area (Å²) < 4.78 is 49.3. The summed E-state index contributed by atoms with van der Waals surface area (Å²) in [6.45, 7) is 0. The smallest absolute Gasteiger partial charge is 0.229 e. The lowest BCUT2D eigenvalue weighted by atomic mass is 10.3. The Bertz CT molecular complexity index is 649. The third kappa shape index (κ3) is 2.64. The first-order chi connectivity index (χ1) is 8.24. The molecule has 0 N–H and O–H groups in total. The van der Waals surface area contributed by atoms with Crippen molar-refractivity contribution in [3.05, 3.63) is 15.9 Å². The fourth-order valence-corrected chi connectivity index (χ4v) is 7.59. The van der Waals surface area contributed by atoms with Gasteiger partial charge >= 0.3 is 0 Å². The molecule has 1 aliphatic heterocycles. The number of rotatable bonds is 3. The largest absolute Gasteiger partial charge is 0.253 e. The molecule has 0 amide bonds. The maximum absolute atomic E-state index is 12.3. The quantitative estimate of drug-likeness (QED) is 0.800. The molecule has 2 rings (SSSR count). The van der Waals surface area contributed by atoms with E-state index in [-0.39, 0.29) is 15.7 Å². The normalized spacial score (nSPS) is 23.6. The third-order valence-electron chi connectivity index (χ3n) is 2.92. The van der Waals surface area contributed by atoms with Gasteiger partial charge in [-0.05, 0) is 33.8 Å². The van der Waals surface area contributed by atoms with Gasteiger partial charge in [-0.1, -0.05) is 0 Å². The second-order valence-corrected chi connectivity index (χ2v) is 10.3. The minimum atomic E-state index is -3.62. The molecular formula is C9H12BrNO4S3. The Morgan fingerprint density at radius 1 is 1.50 bits per heavy atom. The van der Waals surface area contributed by atoms with Crippen molar-refractivity contribution in [1.29, 1.82) is 0 Å². The number of nitrogens with zero attached hydrogens (tertiary/aromatic N) is 1. The molecule has 1 unspecified atom stereocenters. The molecule has 9 heteroatoms. The van der Waals surface area contributed by atoms with E-state index >= 15 is 0 Å². The molecule has 0 aliphatic carbocycles. The van der Waals surface area contributed by atoms with Crippen LogP contribution in [0.3, 0.4) is 0 Å². The van der Waals surface area contributed by atoms with Crippen molar-refractivity contribution in [3.8, 4) is 0 Å². The predicted octanol–water partition coefficient (Wildman–Crippen LogP) is 1.32. The van der Waals surface area contributed by atoms with Crippen LogP contribution >= 0.6 is 27.3 Å². The van der Waals surface area contributed by atoms with Gasteiger partial charge in [0, 0.05) is 17.6 Å². The maximum Gasteiger partial charge on any atom is 0.253 e. The number of thiophene rings is 1. The SMILES string of the molecule is CN(C1CCS(=O)(=O)C1)S(=O)(=O)c1sccc1Br. The lowest BCUT2D eigenvalue weighted by Gasteiger charge is -2.22. The summed E-state index contributed by atoms with van der Waals surface area (Å²) in [6.07, 6.45) is 0.362. The molecule has 1 saturated heterocycles. The first-order valence-corrected chi connectivity index (χ1v) is 10.1. The van der Waals surface area contributed by atoms with Crippen molar-refractivity contribution in [2.75, 3.05) is 18.6 Å².